The van der Waals surface area contributed by atoms with E-state index in [4.69, 9.17) is 5.73 Å². The van der Waals surface area contributed by atoms with Gasteiger partial charge in [0.25, 0.3) is 0 Å². The molecule has 1 aromatic rings. The van der Waals surface area contributed by atoms with Gasteiger partial charge < -0.3 is 5.73 Å². The average Bonchev–Trinajstić information content (AvgIpc) is 2.75. The zero-order valence-electron chi connectivity index (χ0n) is 9.96. The summed E-state index contributed by atoms with van der Waals surface area (Å²) >= 11 is 0. The second-order valence-corrected chi connectivity index (χ2v) is 5.66. The Balaban J connectivity index is 1.98. The standard InChI is InChI=1S/C14H21N/c1-10-5-4-6-11(7-10)8-13(15)12-9-14(12,2)3/h4-7,12-13H,8-9,15H2,1-3H3. The fourth-order valence-corrected chi connectivity index (χ4v) is 2.49. The van der Waals surface area contributed by atoms with E-state index in [9.17, 15) is 0 Å². The van der Waals surface area contributed by atoms with Crippen molar-refractivity contribution in [3.63, 3.8) is 0 Å². The van der Waals surface area contributed by atoms with Crippen LogP contribution in [0.5, 0.6) is 0 Å². The van der Waals surface area contributed by atoms with E-state index in [1.807, 2.05) is 0 Å². The molecule has 0 amide bonds. The smallest absolute Gasteiger partial charge is 0.0113 e. The first-order valence-electron chi connectivity index (χ1n) is 5.80. The van der Waals surface area contributed by atoms with Crippen LogP contribution in [0, 0.1) is 18.3 Å². The molecule has 1 aliphatic carbocycles. The molecule has 82 valence electrons. The first-order chi connectivity index (χ1) is 6.99. The SMILES string of the molecule is Cc1cccc(CC(N)C2CC2(C)C)c1. The molecule has 0 bridgehead atoms. The van der Waals surface area contributed by atoms with E-state index in [0.717, 1.165) is 12.3 Å². The highest BCUT2D eigenvalue weighted by Crippen LogP contribution is 2.53. The predicted octanol–water partition coefficient (Wildman–Crippen LogP) is 2.91. The van der Waals surface area contributed by atoms with E-state index in [1.54, 1.807) is 0 Å². The lowest BCUT2D eigenvalue weighted by atomic mass is 9.97. The van der Waals surface area contributed by atoms with Gasteiger partial charge in [0.1, 0.15) is 0 Å². The van der Waals surface area contributed by atoms with Crippen molar-refractivity contribution in [2.45, 2.75) is 39.7 Å². The summed E-state index contributed by atoms with van der Waals surface area (Å²) in [5, 5.41) is 0. The second-order valence-electron chi connectivity index (χ2n) is 5.66. The third-order valence-corrected chi connectivity index (χ3v) is 3.66. The van der Waals surface area contributed by atoms with Crippen LogP contribution in [0.4, 0.5) is 0 Å². The van der Waals surface area contributed by atoms with Gasteiger partial charge in [0, 0.05) is 6.04 Å². The van der Waals surface area contributed by atoms with Crippen molar-refractivity contribution in [3.05, 3.63) is 35.4 Å². The summed E-state index contributed by atoms with van der Waals surface area (Å²) in [7, 11) is 0. The molecule has 15 heavy (non-hydrogen) atoms. The molecule has 1 heteroatoms. The normalized spacial score (nSPS) is 24.9. The molecule has 1 saturated carbocycles. The Labute approximate surface area is 92.7 Å². The topological polar surface area (TPSA) is 26.0 Å². The maximum absolute atomic E-state index is 6.24. The Kier molecular flexibility index (Phi) is 2.59. The number of hydrogen-bond donors (Lipinski definition) is 1. The summed E-state index contributed by atoms with van der Waals surface area (Å²) in [5.41, 5.74) is 9.43. The molecule has 1 nitrogen and oxygen atoms in total. The van der Waals surface area contributed by atoms with Crippen LogP contribution < -0.4 is 5.73 Å². The van der Waals surface area contributed by atoms with Crippen LogP contribution >= 0.6 is 0 Å². The largest absolute Gasteiger partial charge is 0.327 e. The molecule has 2 N–H and O–H groups in total. The molecule has 0 aromatic heterocycles. The minimum absolute atomic E-state index is 0.335. The van der Waals surface area contributed by atoms with Gasteiger partial charge in [-0.2, -0.15) is 0 Å². The van der Waals surface area contributed by atoms with E-state index in [-0.39, 0.29) is 0 Å². The summed E-state index contributed by atoms with van der Waals surface area (Å²) < 4.78 is 0. The number of nitrogens with two attached hydrogens (primary N) is 1. The van der Waals surface area contributed by atoms with Crippen LogP contribution in [0.3, 0.4) is 0 Å². The molecular formula is C14H21N. The first-order valence-corrected chi connectivity index (χ1v) is 5.80. The van der Waals surface area contributed by atoms with Gasteiger partial charge >= 0.3 is 0 Å². The summed E-state index contributed by atoms with van der Waals surface area (Å²) in [4.78, 5) is 0. The van der Waals surface area contributed by atoms with Crippen LogP contribution in [0.15, 0.2) is 24.3 Å². The van der Waals surface area contributed by atoms with Crippen LogP contribution in [-0.4, -0.2) is 6.04 Å². The molecule has 1 fully saturated rings. The van der Waals surface area contributed by atoms with E-state index in [1.165, 1.54) is 17.5 Å². The molecule has 2 unspecified atom stereocenters. The van der Waals surface area contributed by atoms with Crippen molar-refractivity contribution in [2.75, 3.05) is 0 Å². The highest BCUT2D eigenvalue weighted by molar-refractivity contribution is 5.23. The molecule has 1 aliphatic rings. The van der Waals surface area contributed by atoms with E-state index in [0.29, 0.717) is 11.5 Å². The summed E-state index contributed by atoms with van der Waals surface area (Å²) in [6.45, 7) is 6.76. The van der Waals surface area contributed by atoms with E-state index < -0.39 is 0 Å². The van der Waals surface area contributed by atoms with Gasteiger partial charge in [0.05, 0.1) is 0 Å². The Morgan fingerprint density at radius 2 is 2.13 bits per heavy atom. The number of benzene rings is 1. The lowest BCUT2D eigenvalue weighted by Crippen LogP contribution is -2.27. The molecular weight excluding hydrogens is 182 g/mol. The number of rotatable bonds is 3. The second kappa shape index (κ2) is 3.64. The first kappa shape index (κ1) is 10.7. The Morgan fingerprint density at radius 1 is 1.47 bits per heavy atom. The molecule has 0 spiro atoms. The number of hydrogen-bond acceptors (Lipinski definition) is 1. The van der Waals surface area contributed by atoms with E-state index >= 15 is 0 Å². The fraction of sp³-hybridized carbons (Fsp3) is 0.571. The van der Waals surface area contributed by atoms with Crippen LogP contribution in [-0.2, 0) is 6.42 Å². The van der Waals surface area contributed by atoms with Crippen molar-refractivity contribution < 1.29 is 0 Å². The number of aryl methyl sites for hydroxylation is 1. The lowest BCUT2D eigenvalue weighted by molar-refractivity contribution is 0.476. The average molecular weight is 203 g/mol. The molecule has 2 rings (SSSR count). The Hall–Kier alpha value is -0.820. The zero-order valence-corrected chi connectivity index (χ0v) is 9.96. The van der Waals surface area contributed by atoms with Gasteiger partial charge in [0.15, 0.2) is 0 Å². The monoisotopic (exact) mass is 203 g/mol. The summed E-state index contributed by atoms with van der Waals surface area (Å²) in [5.74, 6) is 0.720. The highest BCUT2D eigenvalue weighted by atomic mass is 14.7. The highest BCUT2D eigenvalue weighted by Gasteiger charge is 2.48. The van der Waals surface area contributed by atoms with Crippen LogP contribution in [0.2, 0.25) is 0 Å². The minimum atomic E-state index is 0.335. The van der Waals surface area contributed by atoms with Crippen LogP contribution in [0.1, 0.15) is 31.4 Å². The Bertz CT molecular complexity index is 354. The predicted molar refractivity (Wildman–Crippen MR) is 64.7 cm³/mol. The fourth-order valence-electron chi connectivity index (χ4n) is 2.49. The van der Waals surface area contributed by atoms with Crippen LogP contribution in [0.25, 0.3) is 0 Å². The van der Waals surface area contributed by atoms with Crippen molar-refractivity contribution in [3.8, 4) is 0 Å². The Morgan fingerprint density at radius 3 is 2.67 bits per heavy atom. The van der Waals surface area contributed by atoms with Crippen molar-refractivity contribution in [2.24, 2.45) is 17.1 Å². The molecule has 0 saturated heterocycles. The summed E-state index contributed by atoms with van der Waals surface area (Å²) in [6.07, 6.45) is 2.32. The molecule has 2 atom stereocenters. The summed E-state index contributed by atoms with van der Waals surface area (Å²) in [6, 6.07) is 9.02. The van der Waals surface area contributed by atoms with Gasteiger partial charge in [-0.25, -0.2) is 0 Å². The van der Waals surface area contributed by atoms with Gasteiger partial charge in [-0.1, -0.05) is 43.7 Å². The van der Waals surface area contributed by atoms with E-state index in [2.05, 4.69) is 45.0 Å². The van der Waals surface area contributed by atoms with Gasteiger partial charge in [0.2, 0.25) is 0 Å². The van der Waals surface area contributed by atoms with Crippen molar-refractivity contribution in [1.29, 1.82) is 0 Å². The van der Waals surface area contributed by atoms with Gasteiger partial charge in [-0.3, -0.25) is 0 Å². The molecule has 0 radical (unpaired) electrons. The molecule has 0 heterocycles. The molecule has 1 aromatic carbocycles. The quantitative estimate of drug-likeness (QED) is 0.803. The maximum Gasteiger partial charge on any atom is 0.0113 e. The zero-order chi connectivity index (χ0) is 11.1. The van der Waals surface area contributed by atoms with Crippen molar-refractivity contribution in [1.82, 2.24) is 0 Å². The van der Waals surface area contributed by atoms with Crippen molar-refractivity contribution >= 4 is 0 Å². The third-order valence-electron chi connectivity index (χ3n) is 3.66. The molecule has 0 aliphatic heterocycles. The third kappa shape index (κ3) is 2.40. The maximum atomic E-state index is 6.24. The minimum Gasteiger partial charge on any atom is -0.327 e. The van der Waals surface area contributed by atoms with Gasteiger partial charge in [-0.15, -0.1) is 0 Å². The van der Waals surface area contributed by atoms with Gasteiger partial charge in [-0.05, 0) is 36.7 Å². The lowest BCUT2D eigenvalue weighted by Gasteiger charge is -2.13.